The number of pyridine rings is 1. The first-order valence-electron chi connectivity index (χ1n) is 10.4. The Kier molecular flexibility index (Phi) is 6.46. The predicted molar refractivity (Wildman–Crippen MR) is 120 cm³/mol. The molecule has 4 rings (SSSR count). The van der Waals surface area contributed by atoms with Crippen molar-refractivity contribution in [3.8, 4) is 11.3 Å². The summed E-state index contributed by atoms with van der Waals surface area (Å²) in [5.74, 6) is -0.108. The highest BCUT2D eigenvalue weighted by atomic mass is 32.1. The maximum absolute atomic E-state index is 12.8. The maximum Gasteiger partial charge on any atom is 0.417 e. The number of hydrogen-bond acceptors (Lipinski definition) is 6. The molecule has 1 fully saturated rings. The van der Waals surface area contributed by atoms with Crippen molar-refractivity contribution < 1.29 is 22.8 Å². The van der Waals surface area contributed by atoms with Crippen LogP contribution < -0.4 is 10.2 Å². The molecular formula is C23H21F3N4O2S. The molecule has 1 aliphatic heterocycles. The SMILES string of the molecule is CC(=O)c1sc(NC(=O)C2CCN(c3ccc(C(F)(F)F)cn3)CC2)nc1-c1ccccc1. The molecule has 3 heterocycles. The molecule has 0 unspecified atom stereocenters. The number of benzene rings is 1. The van der Waals surface area contributed by atoms with Crippen molar-refractivity contribution in [2.45, 2.75) is 25.9 Å². The van der Waals surface area contributed by atoms with E-state index < -0.39 is 11.7 Å². The Morgan fingerprint density at radius 1 is 1.09 bits per heavy atom. The van der Waals surface area contributed by atoms with E-state index in [0.29, 0.717) is 47.5 Å². The number of nitrogens with zero attached hydrogens (tertiary/aromatic N) is 3. The molecular weight excluding hydrogens is 453 g/mol. The summed E-state index contributed by atoms with van der Waals surface area (Å²) in [7, 11) is 0. The van der Waals surface area contributed by atoms with Crippen molar-refractivity contribution in [2.24, 2.45) is 5.92 Å². The van der Waals surface area contributed by atoms with Crippen LogP contribution in [0.2, 0.25) is 0 Å². The Labute approximate surface area is 192 Å². The van der Waals surface area contributed by atoms with Crippen LogP contribution in [-0.4, -0.2) is 34.7 Å². The second-order valence-electron chi connectivity index (χ2n) is 7.77. The van der Waals surface area contributed by atoms with Crippen molar-refractivity contribution in [1.82, 2.24) is 9.97 Å². The smallest absolute Gasteiger partial charge is 0.357 e. The number of hydrogen-bond donors (Lipinski definition) is 1. The third-order valence-electron chi connectivity index (χ3n) is 5.49. The number of amides is 1. The summed E-state index contributed by atoms with van der Waals surface area (Å²) < 4.78 is 38.2. The summed E-state index contributed by atoms with van der Waals surface area (Å²) in [4.78, 5) is 35.6. The first kappa shape index (κ1) is 22.9. The number of thiazole rings is 1. The van der Waals surface area contributed by atoms with Crippen LogP contribution in [0.25, 0.3) is 11.3 Å². The van der Waals surface area contributed by atoms with Crippen LogP contribution in [0.15, 0.2) is 48.7 Å². The predicted octanol–water partition coefficient (Wildman–Crippen LogP) is 5.28. The molecule has 1 amide bonds. The molecule has 0 saturated carbocycles. The lowest BCUT2D eigenvalue weighted by molar-refractivity contribution is -0.137. The van der Waals surface area contributed by atoms with Crippen LogP contribution in [0, 0.1) is 5.92 Å². The molecule has 3 aromatic rings. The molecule has 172 valence electrons. The van der Waals surface area contributed by atoms with E-state index in [1.807, 2.05) is 35.2 Å². The fraction of sp³-hybridized carbons (Fsp3) is 0.304. The topological polar surface area (TPSA) is 75.2 Å². The lowest BCUT2D eigenvalue weighted by atomic mass is 9.96. The first-order chi connectivity index (χ1) is 15.7. The minimum absolute atomic E-state index is 0.121. The lowest BCUT2D eigenvalue weighted by Gasteiger charge is -2.32. The Balaban J connectivity index is 1.39. The largest absolute Gasteiger partial charge is 0.417 e. The van der Waals surface area contributed by atoms with Gasteiger partial charge in [-0.25, -0.2) is 9.97 Å². The zero-order valence-corrected chi connectivity index (χ0v) is 18.5. The van der Waals surface area contributed by atoms with E-state index in [9.17, 15) is 22.8 Å². The maximum atomic E-state index is 12.8. The van der Waals surface area contributed by atoms with Gasteiger partial charge >= 0.3 is 6.18 Å². The Bertz CT molecular complexity index is 1140. The monoisotopic (exact) mass is 474 g/mol. The number of anilines is 2. The van der Waals surface area contributed by atoms with Gasteiger partial charge in [0.25, 0.3) is 0 Å². The van der Waals surface area contributed by atoms with Gasteiger partial charge in [-0.2, -0.15) is 13.2 Å². The summed E-state index contributed by atoms with van der Waals surface area (Å²) >= 11 is 1.15. The Morgan fingerprint density at radius 3 is 2.36 bits per heavy atom. The summed E-state index contributed by atoms with van der Waals surface area (Å²) in [6, 6.07) is 11.7. The van der Waals surface area contributed by atoms with E-state index in [1.165, 1.54) is 13.0 Å². The van der Waals surface area contributed by atoms with E-state index in [1.54, 1.807) is 0 Å². The summed E-state index contributed by atoms with van der Waals surface area (Å²) in [6.45, 7) is 2.47. The fourth-order valence-electron chi connectivity index (χ4n) is 3.72. The molecule has 2 aromatic heterocycles. The van der Waals surface area contributed by atoms with Gasteiger partial charge in [0.15, 0.2) is 10.9 Å². The number of carbonyl (C=O) groups is 2. The molecule has 6 nitrogen and oxygen atoms in total. The first-order valence-corrected chi connectivity index (χ1v) is 11.2. The molecule has 1 aliphatic rings. The van der Waals surface area contributed by atoms with Gasteiger partial charge in [-0.15, -0.1) is 0 Å². The third kappa shape index (κ3) is 5.22. The second kappa shape index (κ2) is 9.30. The zero-order valence-electron chi connectivity index (χ0n) is 17.7. The third-order valence-corrected chi connectivity index (χ3v) is 6.56. The molecule has 0 aliphatic carbocycles. The van der Waals surface area contributed by atoms with E-state index in [2.05, 4.69) is 15.3 Å². The summed E-state index contributed by atoms with van der Waals surface area (Å²) in [6.07, 6.45) is -2.53. The molecule has 0 spiro atoms. The number of rotatable bonds is 5. The molecule has 0 bridgehead atoms. The van der Waals surface area contributed by atoms with E-state index in [0.717, 1.165) is 29.2 Å². The number of ketones is 1. The van der Waals surface area contributed by atoms with Gasteiger partial charge in [-0.3, -0.25) is 9.59 Å². The standard InChI is InChI=1S/C23H21F3N4O2S/c1-14(31)20-19(15-5-3-2-4-6-15)28-22(33-20)29-21(32)16-9-11-30(12-10-16)18-8-7-17(13-27-18)23(24,25)26/h2-8,13,16H,9-12H2,1H3,(H,28,29,32). The van der Waals surface area contributed by atoms with Crippen molar-refractivity contribution in [1.29, 1.82) is 0 Å². The number of halogens is 3. The summed E-state index contributed by atoms with van der Waals surface area (Å²) in [5.41, 5.74) is 0.562. The molecule has 10 heteroatoms. The average molecular weight is 475 g/mol. The van der Waals surface area contributed by atoms with Gasteiger partial charge in [-0.1, -0.05) is 41.7 Å². The number of nitrogens with one attached hydrogen (secondary N) is 1. The number of piperidine rings is 1. The highest BCUT2D eigenvalue weighted by molar-refractivity contribution is 7.18. The molecule has 1 N–H and O–H groups in total. The van der Waals surface area contributed by atoms with Crippen molar-refractivity contribution in [3.05, 3.63) is 59.1 Å². The molecule has 0 atom stereocenters. The fourth-order valence-corrected chi connectivity index (χ4v) is 4.61. The lowest BCUT2D eigenvalue weighted by Crippen LogP contribution is -2.38. The van der Waals surface area contributed by atoms with E-state index in [-0.39, 0.29) is 17.6 Å². The minimum Gasteiger partial charge on any atom is -0.357 e. The van der Waals surface area contributed by atoms with E-state index in [4.69, 9.17) is 0 Å². The van der Waals surface area contributed by atoms with E-state index >= 15 is 0 Å². The molecule has 1 aromatic carbocycles. The number of carbonyl (C=O) groups excluding carboxylic acids is 2. The Morgan fingerprint density at radius 2 is 1.79 bits per heavy atom. The van der Waals surface area contributed by atoms with Gasteiger partial charge < -0.3 is 10.2 Å². The normalized spacial score (nSPS) is 14.8. The summed E-state index contributed by atoms with van der Waals surface area (Å²) in [5, 5.41) is 3.20. The van der Waals surface area contributed by atoms with Crippen molar-refractivity contribution in [2.75, 3.05) is 23.3 Å². The van der Waals surface area contributed by atoms with Crippen LogP contribution in [0.5, 0.6) is 0 Å². The average Bonchev–Trinajstić information content (AvgIpc) is 3.23. The molecule has 33 heavy (non-hydrogen) atoms. The quantitative estimate of drug-likeness (QED) is 0.509. The van der Waals surface area contributed by atoms with Gasteiger partial charge in [-0.05, 0) is 25.0 Å². The van der Waals surface area contributed by atoms with Gasteiger partial charge in [0.05, 0.1) is 16.1 Å². The molecule has 0 radical (unpaired) electrons. The van der Waals surface area contributed by atoms with Gasteiger partial charge in [0, 0.05) is 37.7 Å². The highest BCUT2D eigenvalue weighted by Gasteiger charge is 2.31. The zero-order chi connectivity index (χ0) is 23.6. The highest BCUT2D eigenvalue weighted by Crippen LogP contribution is 2.33. The minimum atomic E-state index is -4.42. The number of alkyl halides is 3. The van der Waals surface area contributed by atoms with Crippen LogP contribution >= 0.6 is 11.3 Å². The van der Waals surface area contributed by atoms with Crippen molar-refractivity contribution in [3.63, 3.8) is 0 Å². The molecule has 1 saturated heterocycles. The van der Waals surface area contributed by atoms with Crippen LogP contribution in [0.3, 0.4) is 0 Å². The second-order valence-corrected chi connectivity index (χ2v) is 8.77. The van der Waals surface area contributed by atoms with Gasteiger partial charge in [0.2, 0.25) is 5.91 Å². The van der Waals surface area contributed by atoms with Crippen LogP contribution in [0.1, 0.15) is 35.0 Å². The number of aromatic nitrogens is 2. The Hall–Kier alpha value is -3.27. The van der Waals surface area contributed by atoms with Gasteiger partial charge in [0.1, 0.15) is 5.82 Å². The van der Waals surface area contributed by atoms with Crippen LogP contribution in [0.4, 0.5) is 24.1 Å². The number of Topliss-reactive ketones (excluding diaryl/α,β-unsaturated/α-hetero) is 1. The van der Waals surface area contributed by atoms with Crippen LogP contribution in [-0.2, 0) is 11.0 Å². The van der Waals surface area contributed by atoms with Crippen molar-refractivity contribution >= 4 is 34.0 Å².